The Morgan fingerprint density at radius 3 is 2.17 bits per heavy atom. The number of rotatable bonds is 3. The van der Waals surface area contributed by atoms with Crippen molar-refractivity contribution in [1.29, 1.82) is 0 Å². The van der Waals surface area contributed by atoms with E-state index in [0.717, 1.165) is 23.2 Å². The zero-order valence-electron chi connectivity index (χ0n) is 16.3. The maximum absolute atomic E-state index is 13.7. The van der Waals surface area contributed by atoms with Crippen molar-refractivity contribution < 1.29 is 17.6 Å². The van der Waals surface area contributed by atoms with Crippen LogP contribution in [0.1, 0.15) is 5.56 Å². The van der Waals surface area contributed by atoms with Gasteiger partial charge in [-0.3, -0.25) is 0 Å². The maximum atomic E-state index is 13.7. The molecule has 0 aliphatic carbocycles. The summed E-state index contributed by atoms with van der Waals surface area (Å²) in [6.45, 7) is 0. The lowest BCUT2D eigenvalue weighted by Crippen LogP contribution is -2.10. The van der Waals surface area contributed by atoms with Gasteiger partial charge in [-0.25, -0.2) is 9.37 Å². The molecule has 0 N–H and O–H groups in total. The summed E-state index contributed by atoms with van der Waals surface area (Å²) >= 11 is 0. The minimum absolute atomic E-state index is 0.347. The van der Waals surface area contributed by atoms with Gasteiger partial charge in [0.25, 0.3) is 0 Å². The average Bonchev–Trinajstić information content (AvgIpc) is 2.72. The van der Waals surface area contributed by atoms with Gasteiger partial charge in [0.15, 0.2) is 0 Å². The van der Waals surface area contributed by atoms with Gasteiger partial charge in [-0.1, -0.05) is 30.3 Å². The van der Waals surface area contributed by atoms with Crippen LogP contribution in [0.2, 0.25) is 0 Å². The molecule has 152 valence electrons. The van der Waals surface area contributed by atoms with E-state index < -0.39 is 11.7 Å². The molecule has 0 unspecified atom stereocenters. The van der Waals surface area contributed by atoms with Crippen LogP contribution < -0.4 is 4.90 Å². The van der Waals surface area contributed by atoms with Crippen LogP contribution >= 0.6 is 0 Å². The third-order valence-corrected chi connectivity index (χ3v) is 4.91. The average molecular weight is 410 g/mol. The fraction of sp³-hybridized carbons (Fsp3) is 0.125. The molecule has 30 heavy (non-hydrogen) atoms. The molecule has 0 aliphatic heterocycles. The van der Waals surface area contributed by atoms with Gasteiger partial charge in [-0.05, 0) is 53.6 Å². The standard InChI is InChI=1S/C24H18F4N2/c1-30(2)23-14-22(17-6-4-8-19(25)12-17)29-21-10-9-16(13-20(21)23)15-5-3-7-18(11-15)24(26,27)28/h3-14H,1-2H3. The zero-order valence-corrected chi connectivity index (χ0v) is 16.3. The first-order valence-electron chi connectivity index (χ1n) is 9.28. The molecule has 2 nitrogen and oxygen atoms in total. The van der Waals surface area contributed by atoms with Crippen LogP contribution in [0.25, 0.3) is 33.3 Å². The van der Waals surface area contributed by atoms with E-state index in [2.05, 4.69) is 4.98 Å². The molecule has 0 atom stereocenters. The Labute approximate surface area is 171 Å². The summed E-state index contributed by atoms with van der Waals surface area (Å²) in [7, 11) is 3.75. The third-order valence-electron chi connectivity index (χ3n) is 4.91. The molecule has 0 aliphatic rings. The Kier molecular flexibility index (Phi) is 4.94. The summed E-state index contributed by atoms with van der Waals surface area (Å²) in [6.07, 6.45) is -4.40. The Bertz CT molecular complexity index is 1230. The molecule has 3 aromatic carbocycles. The Morgan fingerprint density at radius 1 is 0.767 bits per heavy atom. The van der Waals surface area contributed by atoms with Crippen molar-refractivity contribution in [2.24, 2.45) is 0 Å². The summed E-state index contributed by atoms with van der Waals surface area (Å²) in [5.74, 6) is -0.347. The predicted molar refractivity (Wildman–Crippen MR) is 112 cm³/mol. The molecule has 4 rings (SSSR count). The highest BCUT2D eigenvalue weighted by atomic mass is 19.4. The smallest absolute Gasteiger partial charge is 0.377 e. The van der Waals surface area contributed by atoms with E-state index in [1.54, 1.807) is 30.3 Å². The number of benzene rings is 3. The number of hydrogen-bond donors (Lipinski definition) is 0. The summed E-state index contributed by atoms with van der Waals surface area (Å²) in [4.78, 5) is 6.55. The number of fused-ring (bicyclic) bond motifs is 1. The molecule has 0 radical (unpaired) electrons. The lowest BCUT2D eigenvalue weighted by Gasteiger charge is -2.18. The van der Waals surface area contributed by atoms with Gasteiger partial charge in [0, 0.05) is 30.7 Å². The fourth-order valence-electron chi connectivity index (χ4n) is 3.43. The molecule has 4 aromatic rings. The molecule has 0 fully saturated rings. The topological polar surface area (TPSA) is 16.1 Å². The van der Waals surface area contributed by atoms with E-state index in [9.17, 15) is 17.6 Å². The lowest BCUT2D eigenvalue weighted by molar-refractivity contribution is -0.137. The molecule has 1 aromatic heterocycles. The van der Waals surface area contributed by atoms with Crippen LogP contribution in [0.5, 0.6) is 0 Å². The summed E-state index contributed by atoms with van der Waals surface area (Å²) in [5, 5.41) is 0.801. The molecular weight excluding hydrogens is 392 g/mol. The first-order valence-corrected chi connectivity index (χ1v) is 9.28. The van der Waals surface area contributed by atoms with Crippen molar-refractivity contribution >= 4 is 16.6 Å². The highest BCUT2D eigenvalue weighted by Crippen LogP contribution is 2.35. The van der Waals surface area contributed by atoms with Gasteiger partial charge >= 0.3 is 6.18 Å². The highest BCUT2D eigenvalue weighted by Gasteiger charge is 2.30. The first kappa shape index (κ1) is 19.9. The second-order valence-corrected chi connectivity index (χ2v) is 7.24. The Morgan fingerprint density at radius 2 is 1.47 bits per heavy atom. The molecule has 0 amide bonds. The van der Waals surface area contributed by atoms with Crippen LogP contribution in [0.3, 0.4) is 0 Å². The van der Waals surface area contributed by atoms with Crippen molar-refractivity contribution in [2.45, 2.75) is 6.18 Å². The molecule has 6 heteroatoms. The predicted octanol–water partition coefficient (Wildman–Crippen LogP) is 6.79. The fourth-order valence-corrected chi connectivity index (χ4v) is 3.43. The lowest BCUT2D eigenvalue weighted by atomic mass is 9.99. The van der Waals surface area contributed by atoms with Crippen molar-refractivity contribution in [3.63, 3.8) is 0 Å². The number of pyridine rings is 1. The minimum Gasteiger partial charge on any atom is -0.377 e. The highest BCUT2D eigenvalue weighted by molar-refractivity contribution is 5.96. The van der Waals surface area contributed by atoms with Gasteiger partial charge in [0.2, 0.25) is 0 Å². The molecular formula is C24H18F4N2. The Balaban J connectivity index is 1.87. The van der Waals surface area contributed by atoms with Gasteiger partial charge in [0.1, 0.15) is 5.82 Å². The zero-order chi connectivity index (χ0) is 21.5. The van der Waals surface area contributed by atoms with E-state index in [1.165, 1.54) is 18.2 Å². The van der Waals surface area contributed by atoms with Gasteiger partial charge < -0.3 is 4.90 Å². The number of nitrogens with zero attached hydrogens (tertiary/aromatic N) is 2. The molecule has 0 saturated carbocycles. The number of anilines is 1. The quantitative estimate of drug-likeness (QED) is 0.346. The number of aromatic nitrogens is 1. The first-order chi connectivity index (χ1) is 14.2. The SMILES string of the molecule is CN(C)c1cc(-c2cccc(F)c2)nc2ccc(-c3cccc(C(F)(F)F)c3)cc12. The van der Waals surface area contributed by atoms with Crippen molar-refractivity contribution in [1.82, 2.24) is 4.98 Å². The summed E-state index contributed by atoms with van der Waals surface area (Å²) < 4.78 is 53.0. The van der Waals surface area contributed by atoms with E-state index >= 15 is 0 Å². The second kappa shape index (κ2) is 7.44. The molecule has 0 saturated heterocycles. The van der Waals surface area contributed by atoms with Crippen molar-refractivity contribution in [2.75, 3.05) is 19.0 Å². The van der Waals surface area contributed by atoms with E-state index in [1.807, 2.05) is 31.1 Å². The Hall–Kier alpha value is -3.41. The minimum atomic E-state index is -4.40. The number of halogens is 4. The largest absolute Gasteiger partial charge is 0.416 e. The van der Waals surface area contributed by atoms with Crippen LogP contribution in [-0.2, 0) is 6.18 Å². The van der Waals surface area contributed by atoms with Gasteiger partial charge in [-0.2, -0.15) is 13.2 Å². The van der Waals surface area contributed by atoms with Gasteiger partial charge in [0.05, 0.1) is 16.8 Å². The molecule has 0 bridgehead atoms. The van der Waals surface area contributed by atoms with E-state index in [-0.39, 0.29) is 5.82 Å². The summed E-state index contributed by atoms with van der Waals surface area (Å²) in [5.41, 5.74) is 3.25. The summed E-state index contributed by atoms with van der Waals surface area (Å²) in [6, 6.07) is 18.7. The van der Waals surface area contributed by atoms with Crippen molar-refractivity contribution in [3.05, 3.63) is 84.2 Å². The second-order valence-electron chi connectivity index (χ2n) is 7.24. The van der Waals surface area contributed by atoms with Crippen LogP contribution in [0.15, 0.2) is 72.8 Å². The van der Waals surface area contributed by atoms with Crippen LogP contribution in [0.4, 0.5) is 23.2 Å². The van der Waals surface area contributed by atoms with Crippen LogP contribution in [-0.4, -0.2) is 19.1 Å². The normalized spacial score (nSPS) is 11.7. The number of hydrogen-bond acceptors (Lipinski definition) is 2. The third kappa shape index (κ3) is 3.85. The monoisotopic (exact) mass is 410 g/mol. The van der Waals surface area contributed by atoms with Crippen molar-refractivity contribution in [3.8, 4) is 22.4 Å². The van der Waals surface area contributed by atoms with Crippen LogP contribution in [0, 0.1) is 5.82 Å². The van der Waals surface area contributed by atoms with Gasteiger partial charge in [-0.15, -0.1) is 0 Å². The molecule has 1 heterocycles. The molecule has 0 spiro atoms. The number of alkyl halides is 3. The maximum Gasteiger partial charge on any atom is 0.416 e. The van der Waals surface area contributed by atoms with E-state index in [4.69, 9.17) is 0 Å². The van der Waals surface area contributed by atoms with E-state index in [0.29, 0.717) is 27.9 Å².